The number of carboxylic acids is 1. The minimum absolute atomic E-state index is 0.0910. The molecule has 0 aliphatic heterocycles. The highest BCUT2D eigenvalue weighted by Crippen LogP contribution is 2.32. The normalized spacial score (nSPS) is 10.8. The van der Waals surface area contributed by atoms with Crippen molar-refractivity contribution in [2.75, 3.05) is 0 Å². The highest BCUT2D eigenvalue weighted by Gasteiger charge is 2.12. The Hall–Kier alpha value is -2.75. The fraction of sp³-hybridized carbons (Fsp3) is 0.0625. The van der Waals surface area contributed by atoms with Crippen molar-refractivity contribution >= 4 is 16.9 Å². The first-order valence-electron chi connectivity index (χ1n) is 6.20. The molecule has 0 amide bonds. The van der Waals surface area contributed by atoms with Crippen LogP contribution >= 0.6 is 0 Å². The number of aryl methyl sites for hydroxylation is 1. The van der Waals surface area contributed by atoms with Crippen LogP contribution in [-0.2, 0) is 0 Å². The number of aromatic amines is 1. The fourth-order valence-electron chi connectivity index (χ4n) is 2.43. The van der Waals surface area contributed by atoms with E-state index in [1.165, 1.54) is 12.1 Å². The van der Waals surface area contributed by atoms with Crippen molar-refractivity contribution in [2.45, 2.75) is 6.92 Å². The molecule has 0 fully saturated rings. The van der Waals surface area contributed by atoms with Crippen molar-refractivity contribution in [3.05, 3.63) is 53.7 Å². The summed E-state index contributed by atoms with van der Waals surface area (Å²) in [4.78, 5) is 14.1. The number of rotatable bonds is 2. The number of H-pyrrole nitrogens is 1. The number of hydrogen-bond acceptors (Lipinski definition) is 2. The van der Waals surface area contributed by atoms with Gasteiger partial charge in [-0.1, -0.05) is 12.1 Å². The van der Waals surface area contributed by atoms with Gasteiger partial charge in [0.05, 0.1) is 0 Å². The fourth-order valence-corrected chi connectivity index (χ4v) is 2.43. The van der Waals surface area contributed by atoms with Gasteiger partial charge in [0.1, 0.15) is 11.3 Å². The van der Waals surface area contributed by atoms with Crippen LogP contribution < -0.4 is 0 Å². The van der Waals surface area contributed by atoms with E-state index >= 15 is 0 Å². The molecule has 0 aliphatic rings. The van der Waals surface area contributed by atoms with Gasteiger partial charge in [0, 0.05) is 17.1 Å². The highest BCUT2D eigenvalue weighted by molar-refractivity contribution is 5.97. The van der Waals surface area contributed by atoms with Gasteiger partial charge in [-0.05, 0) is 47.9 Å². The Balaban J connectivity index is 2.23. The number of hydrogen-bond donors (Lipinski definition) is 3. The molecule has 20 heavy (non-hydrogen) atoms. The van der Waals surface area contributed by atoms with Crippen LogP contribution in [0, 0.1) is 6.92 Å². The third-order valence-electron chi connectivity index (χ3n) is 3.35. The lowest BCUT2D eigenvalue weighted by atomic mass is 9.98. The average molecular weight is 267 g/mol. The molecule has 3 N–H and O–H groups in total. The summed E-state index contributed by atoms with van der Waals surface area (Å²) >= 11 is 0. The molecular formula is C16H13NO3. The minimum atomic E-state index is -1.13. The number of benzene rings is 2. The van der Waals surface area contributed by atoms with E-state index in [1.54, 1.807) is 6.07 Å². The van der Waals surface area contributed by atoms with Crippen LogP contribution in [0.4, 0.5) is 0 Å². The third-order valence-corrected chi connectivity index (χ3v) is 3.35. The van der Waals surface area contributed by atoms with Gasteiger partial charge in [-0.2, -0.15) is 0 Å². The number of carbonyl (C=O) groups is 1. The lowest BCUT2D eigenvalue weighted by Crippen LogP contribution is -1.96. The van der Waals surface area contributed by atoms with Gasteiger partial charge >= 0.3 is 5.97 Å². The van der Waals surface area contributed by atoms with Crippen LogP contribution in [0.5, 0.6) is 5.75 Å². The molecule has 0 saturated carbocycles. The van der Waals surface area contributed by atoms with Crippen LogP contribution in [0.1, 0.15) is 15.9 Å². The summed E-state index contributed by atoms with van der Waals surface area (Å²) in [7, 11) is 0. The lowest BCUT2D eigenvalue weighted by molar-refractivity contribution is 0.0694. The molecule has 4 heteroatoms. The molecule has 1 heterocycles. The first-order chi connectivity index (χ1) is 9.56. The Morgan fingerprint density at radius 1 is 1.15 bits per heavy atom. The largest absolute Gasteiger partial charge is 0.507 e. The average Bonchev–Trinajstić information content (AvgIpc) is 2.85. The lowest BCUT2D eigenvalue weighted by Gasteiger charge is -2.08. The summed E-state index contributed by atoms with van der Waals surface area (Å²) in [6, 6.07) is 10.7. The maximum Gasteiger partial charge on any atom is 0.339 e. The Morgan fingerprint density at radius 2 is 1.95 bits per heavy atom. The highest BCUT2D eigenvalue weighted by atomic mass is 16.4. The number of aromatic nitrogens is 1. The summed E-state index contributed by atoms with van der Waals surface area (Å²) < 4.78 is 0. The number of fused-ring (bicyclic) bond motifs is 1. The quantitative estimate of drug-likeness (QED) is 0.664. The first kappa shape index (κ1) is 12.3. The maximum absolute atomic E-state index is 10.9. The van der Waals surface area contributed by atoms with Gasteiger partial charge in [0.2, 0.25) is 0 Å². The second kappa shape index (κ2) is 4.42. The number of phenols is 1. The van der Waals surface area contributed by atoms with E-state index < -0.39 is 5.97 Å². The van der Waals surface area contributed by atoms with Gasteiger partial charge in [0.25, 0.3) is 0 Å². The second-order valence-electron chi connectivity index (χ2n) is 4.79. The molecule has 3 rings (SSSR count). The summed E-state index contributed by atoms with van der Waals surface area (Å²) in [5.74, 6) is -1.36. The van der Waals surface area contributed by atoms with Gasteiger partial charge in [0.15, 0.2) is 0 Å². The van der Waals surface area contributed by atoms with Crippen LogP contribution in [-0.4, -0.2) is 21.2 Å². The van der Waals surface area contributed by atoms with Crippen LogP contribution in [0.2, 0.25) is 0 Å². The topological polar surface area (TPSA) is 73.3 Å². The van der Waals surface area contributed by atoms with Crippen molar-refractivity contribution in [1.29, 1.82) is 0 Å². The molecular weight excluding hydrogens is 254 g/mol. The van der Waals surface area contributed by atoms with Gasteiger partial charge in [-0.15, -0.1) is 0 Å². The molecule has 0 radical (unpaired) electrons. The molecule has 2 aromatic carbocycles. The SMILES string of the molecule is Cc1cc(-c2ccc(C(=O)O)c(O)c2)c2cc[nH]c2c1. The smallest absolute Gasteiger partial charge is 0.339 e. The van der Waals surface area contributed by atoms with Crippen LogP contribution in [0.3, 0.4) is 0 Å². The van der Waals surface area contributed by atoms with Crippen LogP contribution in [0.15, 0.2) is 42.6 Å². The minimum Gasteiger partial charge on any atom is -0.507 e. The maximum atomic E-state index is 10.9. The standard InChI is InChI=1S/C16H13NO3/c1-9-6-13(11-4-5-17-14(11)7-9)10-2-3-12(16(19)20)15(18)8-10/h2-8,17-18H,1H3,(H,19,20). The van der Waals surface area contributed by atoms with Gasteiger partial charge < -0.3 is 15.2 Å². The van der Waals surface area contributed by atoms with Gasteiger partial charge in [-0.25, -0.2) is 4.79 Å². The molecule has 0 saturated heterocycles. The Labute approximate surface area is 115 Å². The molecule has 4 nitrogen and oxygen atoms in total. The zero-order chi connectivity index (χ0) is 14.3. The molecule has 1 aromatic heterocycles. The number of carboxylic acid groups (broad SMARTS) is 1. The number of nitrogens with one attached hydrogen (secondary N) is 1. The van der Waals surface area contributed by atoms with Crippen molar-refractivity contribution < 1.29 is 15.0 Å². The number of aromatic hydroxyl groups is 1. The van der Waals surface area contributed by atoms with Crippen LogP contribution in [0.25, 0.3) is 22.0 Å². The Kier molecular flexibility index (Phi) is 2.71. The van der Waals surface area contributed by atoms with E-state index in [1.807, 2.05) is 31.3 Å². The molecule has 0 spiro atoms. The zero-order valence-electron chi connectivity index (χ0n) is 10.8. The van der Waals surface area contributed by atoms with E-state index in [9.17, 15) is 9.90 Å². The van der Waals surface area contributed by atoms with E-state index in [4.69, 9.17) is 5.11 Å². The van der Waals surface area contributed by atoms with E-state index in [-0.39, 0.29) is 11.3 Å². The van der Waals surface area contributed by atoms with Gasteiger partial charge in [-0.3, -0.25) is 0 Å². The molecule has 0 bridgehead atoms. The Bertz CT molecular complexity index is 818. The number of aromatic carboxylic acids is 1. The third kappa shape index (κ3) is 1.91. The second-order valence-corrected chi connectivity index (χ2v) is 4.79. The summed E-state index contributed by atoms with van der Waals surface area (Å²) in [5.41, 5.74) is 3.78. The predicted octanol–water partition coefficient (Wildman–Crippen LogP) is 3.55. The summed E-state index contributed by atoms with van der Waals surface area (Å²) in [6.07, 6.45) is 1.86. The predicted molar refractivity (Wildman–Crippen MR) is 77.1 cm³/mol. The van der Waals surface area contributed by atoms with Crippen molar-refractivity contribution in [2.24, 2.45) is 0 Å². The van der Waals surface area contributed by atoms with Crippen molar-refractivity contribution in [3.8, 4) is 16.9 Å². The Morgan fingerprint density at radius 3 is 2.65 bits per heavy atom. The van der Waals surface area contributed by atoms with E-state index in [0.29, 0.717) is 0 Å². The van der Waals surface area contributed by atoms with E-state index in [2.05, 4.69) is 4.98 Å². The zero-order valence-corrected chi connectivity index (χ0v) is 10.8. The molecule has 100 valence electrons. The van der Waals surface area contributed by atoms with Crippen molar-refractivity contribution in [1.82, 2.24) is 4.98 Å². The summed E-state index contributed by atoms with van der Waals surface area (Å²) in [6.45, 7) is 2.00. The molecule has 3 aromatic rings. The van der Waals surface area contributed by atoms with Crippen molar-refractivity contribution in [3.63, 3.8) is 0 Å². The summed E-state index contributed by atoms with van der Waals surface area (Å²) in [5, 5.41) is 19.8. The molecule has 0 unspecified atom stereocenters. The molecule has 0 atom stereocenters. The van der Waals surface area contributed by atoms with E-state index in [0.717, 1.165) is 27.6 Å². The monoisotopic (exact) mass is 267 g/mol. The molecule has 0 aliphatic carbocycles. The first-order valence-corrected chi connectivity index (χ1v) is 6.20.